The van der Waals surface area contributed by atoms with Crippen molar-refractivity contribution >= 4 is 22.8 Å². The van der Waals surface area contributed by atoms with Crippen LogP contribution in [0.1, 0.15) is 25.6 Å². The molecular weight excluding hydrogens is 292 g/mol. The first-order chi connectivity index (χ1) is 11.1. The molecule has 122 valence electrons. The van der Waals surface area contributed by atoms with Gasteiger partial charge >= 0.3 is 0 Å². The Morgan fingerprint density at radius 3 is 2.74 bits per heavy atom. The summed E-state index contributed by atoms with van der Waals surface area (Å²) in [7, 11) is 0. The van der Waals surface area contributed by atoms with Crippen LogP contribution in [0.4, 0.5) is 0 Å². The predicted octanol–water partition coefficient (Wildman–Crippen LogP) is 1.48. The molecule has 2 aromatic rings. The van der Waals surface area contributed by atoms with Crippen molar-refractivity contribution in [2.24, 2.45) is 5.92 Å². The summed E-state index contributed by atoms with van der Waals surface area (Å²) in [6.45, 7) is 3.51. The Morgan fingerprint density at radius 2 is 2.04 bits per heavy atom. The lowest BCUT2D eigenvalue weighted by Gasteiger charge is -2.30. The largest absolute Gasteiger partial charge is 0.355 e. The predicted molar refractivity (Wildman–Crippen MR) is 87.8 cm³/mol. The van der Waals surface area contributed by atoms with E-state index in [1.54, 1.807) is 11.8 Å². The summed E-state index contributed by atoms with van der Waals surface area (Å²) in [5.74, 6) is 1.08. The first-order valence-corrected chi connectivity index (χ1v) is 8.10. The molecule has 0 atom stereocenters. The zero-order valence-electron chi connectivity index (χ0n) is 13.3. The highest BCUT2D eigenvalue weighted by molar-refractivity contribution is 5.79. The van der Waals surface area contributed by atoms with E-state index in [2.05, 4.69) is 15.3 Å². The number of nitrogens with one attached hydrogen (secondary N) is 2. The number of amides is 2. The topological polar surface area (TPSA) is 78.1 Å². The number of aromatic amines is 1. The highest BCUT2D eigenvalue weighted by atomic mass is 16.2. The van der Waals surface area contributed by atoms with Crippen LogP contribution in [0.2, 0.25) is 0 Å². The number of aromatic nitrogens is 2. The summed E-state index contributed by atoms with van der Waals surface area (Å²) in [4.78, 5) is 33.0. The third-order valence-corrected chi connectivity index (χ3v) is 4.41. The quantitative estimate of drug-likeness (QED) is 0.897. The van der Waals surface area contributed by atoms with Crippen molar-refractivity contribution in [3.63, 3.8) is 0 Å². The lowest BCUT2D eigenvalue weighted by molar-refractivity contribution is -0.133. The summed E-state index contributed by atoms with van der Waals surface area (Å²) in [6, 6.07) is 7.89. The fourth-order valence-electron chi connectivity index (χ4n) is 3.03. The normalized spacial score (nSPS) is 15.8. The van der Waals surface area contributed by atoms with E-state index < -0.39 is 0 Å². The minimum absolute atomic E-state index is 0.0151. The maximum Gasteiger partial charge on any atom is 0.223 e. The number of rotatable bonds is 4. The summed E-state index contributed by atoms with van der Waals surface area (Å²) in [5.41, 5.74) is 1.97. The number of fused-ring (bicyclic) bond motifs is 1. The van der Waals surface area contributed by atoms with Crippen molar-refractivity contribution in [3.05, 3.63) is 30.1 Å². The van der Waals surface area contributed by atoms with Crippen molar-refractivity contribution < 1.29 is 9.59 Å². The van der Waals surface area contributed by atoms with Gasteiger partial charge in [-0.2, -0.15) is 0 Å². The molecule has 0 unspecified atom stereocenters. The van der Waals surface area contributed by atoms with Crippen LogP contribution in [0.3, 0.4) is 0 Å². The lowest BCUT2D eigenvalue weighted by Crippen LogP contribution is -2.42. The van der Waals surface area contributed by atoms with E-state index in [0.29, 0.717) is 26.1 Å². The van der Waals surface area contributed by atoms with Gasteiger partial charge in [0.2, 0.25) is 11.8 Å². The summed E-state index contributed by atoms with van der Waals surface area (Å²) >= 11 is 0. The second kappa shape index (κ2) is 6.81. The molecule has 2 N–H and O–H groups in total. The number of benzene rings is 1. The molecule has 2 amide bonds. The molecule has 23 heavy (non-hydrogen) atoms. The van der Waals surface area contributed by atoms with Gasteiger partial charge in [-0.1, -0.05) is 12.1 Å². The van der Waals surface area contributed by atoms with Crippen LogP contribution in [0, 0.1) is 5.92 Å². The number of H-pyrrole nitrogens is 1. The van der Waals surface area contributed by atoms with Gasteiger partial charge in [0.15, 0.2) is 0 Å². The zero-order chi connectivity index (χ0) is 16.2. The van der Waals surface area contributed by atoms with Crippen molar-refractivity contribution in [1.29, 1.82) is 0 Å². The Hall–Kier alpha value is -2.37. The zero-order valence-corrected chi connectivity index (χ0v) is 13.3. The number of hydrogen-bond acceptors (Lipinski definition) is 3. The molecule has 0 bridgehead atoms. The highest BCUT2D eigenvalue weighted by Crippen LogP contribution is 2.17. The summed E-state index contributed by atoms with van der Waals surface area (Å²) < 4.78 is 0. The fraction of sp³-hybridized carbons (Fsp3) is 0.471. The van der Waals surface area contributed by atoms with E-state index in [9.17, 15) is 9.59 Å². The van der Waals surface area contributed by atoms with Gasteiger partial charge in [0.1, 0.15) is 5.82 Å². The second-order valence-electron chi connectivity index (χ2n) is 6.02. The maximum atomic E-state index is 12.2. The minimum Gasteiger partial charge on any atom is -0.355 e. The molecule has 0 radical (unpaired) electrons. The first-order valence-electron chi connectivity index (χ1n) is 8.10. The molecule has 6 nitrogen and oxygen atoms in total. The van der Waals surface area contributed by atoms with Crippen LogP contribution >= 0.6 is 0 Å². The Morgan fingerprint density at radius 1 is 1.30 bits per heavy atom. The van der Waals surface area contributed by atoms with Gasteiger partial charge < -0.3 is 15.2 Å². The molecule has 0 saturated carbocycles. The third kappa shape index (κ3) is 3.70. The molecule has 1 saturated heterocycles. The maximum absolute atomic E-state index is 12.2. The Kier molecular flexibility index (Phi) is 4.60. The Bertz CT molecular complexity index is 668. The van der Waals surface area contributed by atoms with E-state index in [1.165, 1.54) is 0 Å². The molecule has 2 heterocycles. The van der Waals surface area contributed by atoms with Crippen LogP contribution in [-0.4, -0.2) is 46.3 Å². The highest BCUT2D eigenvalue weighted by Gasteiger charge is 2.25. The minimum atomic E-state index is 0.0151. The van der Waals surface area contributed by atoms with Gasteiger partial charge in [0.25, 0.3) is 0 Å². The van der Waals surface area contributed by atoms with Crippen LogP contribution in [-0.2, 0) is 16.0 Å². The average molecular weight is 314 g/mol. The molecule has 1 aromatic carbocycles. The number of nitrogens with zero attached hydrogens (tertiary/aromatic N) is 2. The number of imidazole rings is 1. The van der Waals surface area contributed by atoms with E-state index in [1.807, 2.05) is 24.3 Å². The number of carbonyl (C=O) groups excluding carboxylic acids is 2. The van der Waals surface area contributed by atoms with E-state index >= 15 is 0 Å². The standard InChI is InChI=1S/C17H22N4O2/c1-12(22)21-10-7-13(8-11-21)17(23)18-9-6-16-19-14-4-2-3-5-15(14)20-16/h2-5,13H,6-11H2,1H3,(H,18,23)(H,19,20). The SMILES string of the molecule is CC(=O)N1CCC(C(=O)NCCc2nc3ccccc3[nH]2)CC1. The van der Waals surface area contributed by atoms with Crippen molar-refractivity contribution in [2.75, 3.05) is 19.6 Å². The van der Waals surface area contributed by atoms with Crippen LogP contribution in [0.5, 0.6) is 0 Å². The molecular formula is C17H22N4O2. The van der Waals surface area contributed by atoms with E-state index in [-0.39, 0.29) is 17.7 Å². The van der Waals surface area contributed by atoms with Gasteiger partial charge in [0.05, 0.1) is 11.0 Å². The van der Waals surface area contributed by atoms with Crippen molar-refractivity contribution in [2.45, 2.75) is 26.2 Å². The lowest BCUT2D eigenvalue weighted by atomic mass is 9.96. The van der Waals surface area contributed by atoms with Crippen molar-refractivity contribution in [1.82, 2.24) is 20.2 Å². The number of likely N-dealkylation sites (tertiary alicyclic amines) is 1. The van der Waals surface area contributed by atoms with Gasteiger partial charge in [-0.25, -0.2) is 4.98 Å². The molecule has 1 aliphatic rings. The van der Waals surface area contributed by atoms with Crippen LogP contribution in [0.15, 0.2) is 24.3 Å². The summed E-state index contributed by atoms with van der Waals surface area (Å²) in [6.07, 6.45) is 2.18. The second-order valence-corrected chi connectivity index (χ2v) is 6.02. The molecule has 6 heteroatoms. The Balaban J connectivity index is 1.45. The third-order valence-electron chi connectivity index (χ3n) is 4.41. The first kappa shape index (κ1) is 15.5. The van der Waals surface area contributed by atoms with Crippen molar-refractivity contribution in [3.8, 4) is 0 Å². The summed E-state index contributed by atoms with van der Waals surface area (Å²) in [5, 5.41) is 2.99. The van der Waals surface area contributed by atoms with Gasteiger partial charge in [-0.15, -0.1) is 0 Å². The molecule has 1 fully saturated rings. The monoisotopic (exact) mass is 314 g/mol. The molecule has 0 aliphatic carbocycles. The van der Waals surface area contributed by atoms with E-state index in [0.717, 1.165) is 29.7 Å². The van der Waals surface area contributed by atoms with Gasteiger partial charge in [-0.05, 0) is 25.0 Å². The molecule has 0 spiro atoms. The van der Waals surface area contributed by atoms with E-state index in [4.69, 9.17) is 0 Å². The Labute approximate surface area is 135 Å². The smallest absolute Gasteiger partial charge is 0.223 e. The average Bonchev–Trinajstić information content (AvgIpc) is 2.97. The van der Waals surface area contributed by atoms with Crippen LogP contribution < -0.4 is 5.32 Å². The fourth-order valence-corrected chi connectivity index (χ4v) is 3.03. The molecule has 1 aromatic heterocycles. The van der Waals surface area contributed by atoms with Crippen LogP contribution in [0.25, 0.3) is 11.0 Å². The molecule has 3 rings (SSSR count). The molecule has 1 aliphatic heterocycles. The van der Waals surface area contributed by atoms with Gasteiger partial charge in [0, 0.05) is 38.9 Å². The number of piperidine rings is 1. The van der Waals surface area contributed by atoms with Gasteiger partial charge in [-0.3, -0.25) is 9.59 Å². The number of hydrogen-bond donors (Lipinski definition) is 2. The number of para-hydroxylation sites is 2. The number of carbonyl (C=O) groups is 2.